The summed E-state index contributed by atoms with van der Waals surface area (Å²) in [6, 6.07) is 1.98. The van der Waals surface area contributed by atoms with Gasteiger partial charge in [0.15, 0.2) is 0 Å². The molecule has 1 fully saturated rings. The third-order valence-corrected chi connectivity index (χ3v) is 3.92. The van der Waals surface area contributed by atoms with Crippen LogP contribution in [0.3, 0.4) is 0 Å². The summed E-state index contributed by atoms with van der Waals surface area (Å²) in [4.78, 5) is 17.9. The summed E-state index contributed by atoms with van der Waals surface area (Å²) in [6.07, 6.45) is 1.41. The lowest BCUT2D eigenvalue weighted by atomic mass is 10.0. The van der Waals surface area contributed by atoms with Gasteiger partial charge in [0.25, 0.3) is 0 Å². The fourth-order valence-electron chi connectivity index (χ4n) is 2.52. The topological polar surface area (TPSA) is 80.5 Å². The lowest BCUT2D eigenvalue weighted by Gasteiger charge is -2.34. The first-order valence-electron chi connectivity index (χ1n) is 7.83. The van der Waals surface area contributed by atoms with Crippen LogP contribution in [0.4, 0.5) is 16.2 Å². The molecule has 1 aliphatic heterocycles. The fraction of sp³-hybridized carbons (Fsp3) is 0.625. The van der Waals surface area contributed by atoms with E-state index in [-0.39, 0.29) is 12.1 Å². The zero-order valence-electron chi connectivity index (χ0n) is 14.1. The van der Waals surface area contributed by atoms with Gasteiger partial charge in [0.2, 0.25) is 0 Å². The molecule has 1 aromatic rings. The predicted octanol–water partition coefficient (Wildman–Crippen LogP) is 3.44. The van der Waals surface area contributed by atoms with E-state index in [9.17, 15) is 4.79 Å². The molecule has 0 bridgehead atoms. The van der Waals surface area contributed by atoms with Crippen molar-refractivity contribution >= 4 is 29.1 Å². The van der Waals surface area contributed by atoms with Crippen LogP contribution in [0.15, 0.2) is 6.07 Å². The minimum absolute atomic E-state index is 0.244. The molecule has 3 N–H and O–H groups in total. The molecule has 6 nitrogen and oxygen atoms in total. The summed E-state index contributed by atoms with van der Waals surface area (Å²) < 4.78 is 5.40. The standard InChI is InChI=1S/C16H25ClN4O2/c1-10-14(18)12(9-13(17)19-10)20-11-5-7-21(8-6-11)15(22)23-16(2,3)4/h9,11H,5-8,18H2,1-4H3,(H,19,20). The third-order valence-electron chi connectivity index (χ3n) is 3.72. The second-order valence-electron chi connectivity index (χ2n) is 6.88. The van der Waals surface area contributed by atoms with Crippen LogP contribution in [-0.2, 0) is 4.74 Å². The Morgan fingerprint density at radius 1 is 1.43 bits per heavy atom. The van der Waals surface area contributed by atoms with E-state index in [0.717, 1.165) is 18.5 Å². The zero-order valence-corrected chi connectivity index (χ0v) is 14.9. The van der Waals surface area contributed by atoms with E-state index in [2.05, 4.69) is 10.3 Å². The number of halogens is 1. The SMILES string of the molecule is Cc1nc(Cl)cc(NC2CCN(C(=O)OC(C)(C)C)CC2)c1N. The maximum atomic E-state index is 12.1. The van der Waals surface area contributed by atoms with Crippen LogP contribution in [-0.4, -0.2) is 40.7 Å². The van der Waals surface area contributed by atoms with Gasteiger partial charge in [-0.3, -0.25) is 0 Å². The summed E-state index contributed by atoms with van der Waals surface area (Å²) >= 11 is 5.99. The lowest BCUT2D eigenvalue weighted by Crippen LogP contribution is -2.44. The number of pyridine rings is 1. The second-order valence-corrected chi connectivity index (χ2v) is 7.26. The Morgan fingerprint density at radius 3 is 2.61 bits per heavy atom. The molecule has 1 saturated heterocycles. The molecule has 1 amide bonds. The first kappa shape index (κ1) is 17.7. The number of ether oxygens (including phenoxy) is 1. The summed E-state index contributed by atoms with van der Waals surface area (Å²) in [5.41, 5.74) is 7.71. The van der Waals surface area contributed by atoms with E-state index in [0.29, 0.717) is 29.6 Å². The van der Waals surface area contributed by atoms with Crippen molar-refractivity contribution in [2.24, 2.45) is 0 Å². The molecule has 0 radical (unpaired) electrons. The molecular formula is C16H25ClN4O2. The number of carbonyl (C=O) groups is 1. The number of rotatable bonds is 2. The Hall–Kier alpha value is -1.69. The van der Waals surface area contributed by atoms with Crippen LogP contribution in [0.2, 0.25) is 5.15 Å². The highest BCUT2D eigenvalue weighted by molar-refractivity contribution is 6.29. The van der Waals surface area contributed by atoms with E-state index < -0.39 is 5.60 Å². The van der Waals surface area contributed by atoms with E-state index in [1.165, 1.54) is 0 Å². The molecule has 0 aromatic carbocycles. The van der Waals surface area contributed by atoms with Gasteiger partial charge < -0.3 is 20.7 Å². The lowest BCUT2D eigenvalue weighted by molar-refractivity contribution is 0.0210. The van der Waals surface area contributed by atoms with Crippen molar-refractivity contribution < 1.29 is 9.53 Å². The average molecular weight is 341 g/mol. The number of piperidine rings is 1. The number of aromatic nitrogens is 1. The first-order chi connectivity index (χ1) is 10.7. The number of nitrogens with zero attached hydrogens (tertiary/aromatic N) is 2. The van der Waals surface area contributed by atoms with Crippen LogP contribution in [0.5, 0.6) is 0 Å². The molecule has 0 atom stereocenters. The summed E-state index contributed by atoms with van der Waals surface area (Å²) in [7, 11) is 0. The summed E-state index contributed by atoms with van der Waals surface area (Å²) in [5, 5.41) is 3.83. The number of hydrogen-bond donors (Lipinski definition) is 2. The molecule has 23 heavy (non-hydrogen) atoms. The van der Waals surface area contributed by atoms with Gasteiger partial charge in [0.1, 0.15) is 10.8 Å². The van der Waals surface area contributed by atoms with Crippen molar-refractivity contribution in [3.63, 3.8) is 0 Å². The summed E-state index contributed by atoms with van der Waals surface area (Å²) in [6.45, 7) is 8.76. The first-order valence-corrected chi connectivity index (χ1v) is 8.20. The molecule has 0 saturated carbocycles. The van der Waals surface area contributed by atoms with Crippen molar-refractivity contribution in [2.45, 2.75) is 52.2 Å². The van der Waals surface area contributed by atoms with Crippen molar-refractivity contribution in [1.82, 2.24) is 9.88 Å². The molecule has 1 aliphatic rings. The zero-order chi connectivity index (χ0) is 17.2. The summed E-state index contributed by atoms with van der Waals surface area (Å²) in [5.74, 6) is 0. The number of likely N-dealkylation sites (tertiary alicyclic amines) is 1. The molecule has 0 spiro atoms. The normalized spacial score (nSPS) is 16.3. The van der Waals surface area contributed by atoms with Crippen LogP contribution in [0.25, 0.3) is 0 Å². The Kier molecular flexibility index (Phi) is 5.24. The van der Waals surface area contributed by atoms with Crippen molar-refractivity contribution in [1.29, 1.82) is 0 Å². The highest BCUT2D eigenvalue weighted by Gasteiger charge is 2.27. The highest BCUT2D eigenvalue weighted by atomic mass is 35.5. The monoisotopic (exact) mass is 340 g/mol. The van der Waals surface area contributed by atoms with Gasteiger partial charge in [0.05, 0.1) is 17.1 Å². The van der Waals surface area contributed by atoms with Crippen LogP contribution >= 0.6 is 11.6 Å². The molecule has 2 heterocycles. The molecule has 1 aromatic heterocycles. The number of nitrogens with one attached hydrogen (secondary N) is 1. The quantitative estimate of drug-likeness (QED) is 0.806. The van der Waals surface area contributed by atoms with Gasteiger partial charge in [-0.15, -0.1) is 0 Å². The van der Waals surface area contributed by atoms with E-state index in [1.807, 2.05) is 27.7 Å². The largest absolute Gasteiger partial charge is 0.444 e. The second kappa shape index (κ2) is 6.83. The fourth-order valence-corrected chi connectivity index (χ4v) is 2.75. The molecule has 0 unspecified atom stereocenters. The maximum absolute atomic E-state index is 12.1. The minimum Gasteiger partial charge on any atom is -0.444 e. The van der Waals surface area contributed by atoms with Crippen LogP contribution in [0.1, 0.15) is 39.3 Å². The van der Waals surface area contributed by atoms with E-state index in [4.69, 9.17) is 22.1 Å². The number of nitrogens with two attached hydrogens (primary N) is 1. The van der Waals surface area contributed by atoms with Gasteiger partial charge in [0, 0.05) is 25.2 Å². The minimum atomic E-state index is -0.466. The van der Waals surface area contributed by atoms with Gasteiger partial charge in [-0.1, -0.05) is 11.6 Å². The maximum Gasteiger partial charge on any atom is 0.410 e. The number of carbonyl (C=O) groups excluding carboxylic acids is 1. The smallest absolute Gasteiger partial charge is 0.410 e. The third kappa shape index (κ3) is 4.89. The number of nitrogen functional groups attached to an aromatic ring is 1. The number of aryl methyl sites for hydroxylation is 1. The number of hydrogen-bond acceptors (Lipinski definition) is 5. The van der Waals surface area contributed by atoms with Gasteiger partial charge in [-0.2, -0.15) is 0 Å². The van der Waals surface area contributed by atoms with Gasteiger partial charge in [-0.25, -0.2) is 9.78 Å². The Morgan fingerprint density at radius 2 is 2.04 bits per heavy atom. The average Bonchev–Trinajstić information content (AvgIpc) is 2.43. The Bertz CT molecular complexity index is 578. The van der Waals surface area contributed by atoms with E-state index in [1.54, 1.807) is 11.0 Å². The predicted molar refractivity (Wildman–Crippen MR) is 92.8 cm³/mol. The van der Waals surface area contributed by atoms with Crippen LogP contribution in [0, 0.1) is 6.92 Å². The molecule has 7 heteroatoms. The van der Waals surface area contributed by atoms with Crippen molar-refractivity contribution in [3.05, 3.63) is 16.9 Å². The Labute approximate surface area is 142 Å². The highest BCUT2D eigenvalue weighted by Crippen LogP contribution is 2.27. The van der Waals surface area contributed by atoms with Gasteiger partial charge >= 0.3 is 6.09 Å². The van der Waals surface area contributed by atoms with Crippen molar-refractivity contribution in [2.75, 3.05) is 24.1 Å². The van der Waals surface area contributed by atoms with Gasteiger partial charge in [-0.05, 0) is 40.5 Å². The number of anilines is 2. The molecule has 128 valence electrons. The van der Waals surface area contributed by atoms with Crippen LogP contribution < -0.4 is 11.1 Å². The molecule has 2 rings (SSSR count). The van der Waals surface area contributed by atoms with E-state index >= 15 is 0 Å². The van der Waals surface area contributed by atoms with Crippen molar-refractivity contribution in [3.8, 4) is 0 Å². The molecular weight excluding hydrogens is 316 g/mol. The number of amides is 1. The molecule has 0 aliphatic carbocycles. The Balaban J connectivity index is 1.92.